The van der Waals surface area contributed by atoms with Crippen molar-refractivity contribution in [3.8, 4) is 0 Å². The molecule has 2 nitrogen and oxygen atoms in total. The highest BCUT2D eigenvalue weighted by atomic mass is 35.5. The summed E-state index contributed by atoms with van der Waals surface area (Å²) >= 11 is 6.17. The van der Waals surface area contributed by atoms with E-state index in [0.29, 0.717) is 5.92 Å². The fraction of sp³-hybridized carbons (Fsp3) is 0.667. The van der Waals surface area contributed by atoms with Gasteiger partial charge >= 0.3 is 0 Å². The predicted octanol–water partition coefficient (Wildman–Crippen LogP) is 4.00. The van der Waals surface area contributed by atoms with Crippen molar-refractivity contribution in [2.45, 2.75) is 51.0 Å². The third kappa shape index (κ3) is 2.37. The molecule has 1 saturated carbocycles. The average molecular weight is 228 g/mol. The van der Waals surface area contributed by atoms with Crippen molar-refractivity contribution in [3.63, 3.8) is 0 Å². The minimum atomic E-state index is -0.0696. The first-order valence-electron chi connectivity index (χ1n) is 5.73. The molecule has 1 aliphatic carbocycles. The van der Waals surface area contributed by atoms with E-state index in [1.807, 2.05) is 13.0 Å². The second kappa shape index (κ2) is 4.58. The summed E-state index contributed by atoms with van der Waals surface area (Å²) in [6.45, 7) is 1.92. The lowest BCUT2D eigenvalue weighted by Gasteiger charge is -2.19. The smallest absolute Gasteiger partial charge is 0.125 e. The van der Waals surface area contributed by atoms with Crippen molar-refractivity contribution in [3.05, 3.63) is 22.6 Å². The van der Waals surface area contributed by atoms with Gasteiger partial charge in [-0.25, -0.2) is 0 Å². The van der Waals surface area contributed by atoms with Gasteiger partial charge in [0.1, 0.15) is 11.5 Å². The Morgan fingerprint density at radius 1 is 1.40 bits per heavy atom. The van der Waals surface area contributed by atoms with Crippen LogP contribution in [-0.4, -0.2) is 0 Å². The van der Waals surface area contributed by atoms with Gasteiger partial charge in [0.15, 0.2) is 0 Å². The molecule has 1 atom stereocenters. The number of hydrogen-bond donors (Lipinski definition) is 1. The Morgan fingerprint density at radius 3 is 2.60 bits per heavy atom. The highest BCUT2D eigenvalue weighted by Gasteiger charge is 2.23. The van der Waals surface area contributed by atoms with Gasteiger partial charge in [-0.1, -0.05) is 30.9 Å². The summed E-state index contributed by atoms with van der Waals surface area (Å²) in [6.07, 6.45) is 6.32. The van der Waals surface area contributed by atoms with Gasteiger partial charge in [0.2, 0.25) is 0 Å². The zero-order valence-corrected chi connectivity index (χ0v) is 9.89. The van der Waals surface area contributed by atoms with E-state index in [0.717, 1.165) is 16.5 Å². The number of halogens is 1. The molecule has 1 unspecified atom stereocenters. The highest BCUT2D eigenvalue weighted by molar-refractivity contribution is 6.31. The van der Waals surface area contributed by atoms with Crippen LogP contribution in [0, 0.1) is 0 Å². The van der Waals surface area contributed by atoms with Crippen LogP contribution in [0.25, 0.3) is 0 Å². The van der Waals surface area contributed by atoms with Crippen molar-refractivity contribution in [1.82, 2.24) is 0 Å². The molecule has 0 aromatic carbocycles. The average Bonchev–Trinajstić information content (AvgIpc) is 2.62. The van der Waals surface area contributed by atoms with Crippen LogP contribution in [0.15, 0.2) is 10.5 Å². The summed E-state index contributed by atoms with van der Waals surface area (Å²) in [7, 11) is 0. The van der Waals surface area contributed by atoms with Crippen LogP contribution in [0.3, 0.4) is 0 Å². The van der Waals surface area contributed by atoms with Crippen LogP contribution in [0.1, 0.15) is 62.5 Å². The van der Waals surface area contributed by atoms with E-state index in [1.165, 1.54) is 32.1 Å². The summed E-state index contributed by atoms with van der Waals surface area (Å²) in [6, 6.07) is 1.80. The third-order valence-corrected chi connectivity index (χ3v) is 3.45. The van der Waals surface area contributed by atoms with Gasteiger partial charge in [0, 0.05) is 12.0 Å². The third-order valence-electron chi connectivity index (χ3n) is 3.16. The number of furan rings is 1. The minimum Gasteiger partial charge on any atom is -0.463 e. The first-order valence-corrected chi connectivity index (χ1v) is 6.11. The maximum Gasteiger partial charge on any atom is 0.125 e. The van der Waals surface area contributed by atoms with Gasteiger partial charge in [-0.15, -0.1) is 0 Å². The Bertz CT molecular complexity index is 326. The first-order chi connectivity index (χ1) is 7.18. The lowest BCUT2D eigenvalue weighted by Crippen LogP contribution is -2.05. The van der Waals surface area contributed by atoms with Crippen molar-refractivity contribution >= 4 is 11.6 Å². The predicted molar refractivity (Wildman–Crippen MR) is 62.1 cm³/mol. The zero-order valence-electron chi connectivity index (χ0n) is 9.13. The van der Waals surface area contributed by atoms with Crippen LogP contribution < -0.4 is 5.73 Å². The molecule has 1 aliphatic rings. The van der Waals surface area contributed by atoms with Crippen molar-refractivity contribution < 1.29 is 4.42 Å². The Morgan fingerprint density at radius 2 is 2.07 bits per heavy atom. The minimum absolute atomic E-state index is 0.0696. The molecule has 1 fully saturated rings. The van der Waals surface area contributed by atoms with Crippen molar-refractivity contribution in [2.75, 3.05) is 0 Å². The molecule has 2 rings (SSSR count). The Kier molecular flexibility index (Phi) is 3.37. The second-order valence-corrected chi connectivity index (χ2v) is 4.89. The largest absolute Gasteiger partial charge is 0.463 e. The number of hydrogen-bond acceptors (Lipinski definition) is 2. The molecular weight excluding hydrogens is 210 g/mol. The summed E-state index contributed by atoms with van der Waals surface area (Å²) in [5, 5.41) is 0.759. The Hall–Kier alpha value is -0.470. The second-order valence-electron chi connectivity index (χ2n) is 4.48. The molecule has 0 spiro atoms. The standard InChI is InChI=1S/C12H18ClNO/c1-8(14)11-7-10(13)12(15-11)9-5-3-2-4-6-9/h7-9H,2-6,14H2,1H3. The molecule has 0 radical (unpaired) electrons. The first kappa shape index (κ1) is 11.0. The van der Waals surface area contributed by atoms with E-state index in [-0.39, 0.29) is 6.04 Å². The van der Waals surface area contributed by atoms with Crippen LogP contribution in [0.4, 0.5) is 0 Å². The molecular formula is C12H18ClNO. The lowest BCUT2D eigenvalue weighted by atomic mass is 9.87. The van der Waals surface area contributed by atoms with Gasteiger partial charge in [-0.2, -0.15) is 0 Å². The molecule has 1 heterocycles. The molecule has 0 saturated heterocycles. The fourth-order valence-electron chi connectivity index (χ4n) is 2.27. The van der Waals surface area contributed by atoms with Gasteiger partial charge in [0.05, 0.1) is 11.1 Å². The Balaban J connectivity index is 2.19. The zero-order chi connectivity index (χ0) is 10.8. The molecule has 1 aromatic heterocycles. The highest BCUT2D eigenvalue weighted by Crippen LogP contribution is 2.38. The van der Waals surface area contributed by atoms with Gasteiger partial charge < -0.3 is 10.2 Å². The topological polar surface area (TPSA) is 39.2 Å². The summed E-state index contributed by atoms with van der Waals surface area (Å²) in [5.74, 6) is 2.28. The molecule has 15 heavy (non-hydrogen) atoms. The van der Waals surface area contributed by atoms with E-state index < -0.39 is 0 Å². The van der Waals surface area contributed by atoms with E-state index in [1.54, 1.807) is 0 Å². The summed E-state index contributed by atoms with van der Waals surface area (Å²) in [4.78, 5) is 0. The van der Waals surface area contributed by atoms with Gasteiger partial charge in [0.25, 0.3) is 0 Å². The van der Waals surface area contributed by atoms with Gasteiger partial charge in [-0.05, 0) is 19.8 Å². The van der Waals surface area contributed by atoms with Crippen molar-refractivity contribution in [1.29, 1.82) is 0 Å². The van der Waals surface area contributed by atoms with Gasteiger partial charge in [-0.3, -0.25) is 0 Å². The van der Waals surface area contributed by atoms with Crippen molar-refractivity contribution in [2.24, 2.45) is 5.73 Å². The van der Waals surface area contributed by atoms with Crippen LogP contribution in [-0.2, 0) is 0 Å². The summed E-state index contributed by atoms with van der Waals surface area (Å²) < 4.78 is 5.76. The fourth-order valence-corrected chi connectivity index (χ4v) is 2.57. The molecule has 2 N–H and O–H groups in total. The number of rotatable bonds is 2. The Labute approximate surface area is 95.8 Å². The quantitative estimate of drug-likeness (QED) is 0.830. The molecule has 0 amide bonds. The monoisotopic (exact) mass is 227 g/mol. The molecule has 0 bridgehead atoms. The normalized spacial score (nSPS) is 20.5. The molecule has 1 aromatic rings. The van der Waals surface area contributed by atoms with E-state index >= 15 is 0 Å². The van der Waals surface area contributed by atoms with Crippen LogP contribution in [0.2, 0.25) is 5.02 Å². The van der Waals surface area contributed by atoms with E-state index in [9.17, 15) is 0 Å². The van der Waals surface area contributed by atoms with E-state index in [4.69, 9.17) is 21.8 Å². The summed E-state index contributed by atoms with van der Waals surface area (Å²) in [5.41, 5.74) is 5.77. The molecule has 84 valence electrons. The molecule has 3 heteroatoms. The maximum atomic E-state index is 6.17. The maximum absolute atomic E-state index is 6.17. The lowest BCUT2D eigenvalue weighted by molar-refractivity contribution is 0.355. The van der Waals surface area contributed by atoms with E-state index in [2.05, 4.69) is 0 Å². The molecule has 0 aliphatic heterocycles. The number of nitrogens with two attached hydrogens (primary N) is 1. The van der Waals surface area contributed by atoms with Crippen LogP contribution in [0.5, 0.6) is 0 Å². The van der Waals surface area contributed by atoms with Crippen LogP contribution >= 0.6 is 11.6 Å². The SMILES string of the molecule is CC(N)c1cc(Cl)c(C2CCCCC2)o1.